The summed E-state index contributed by atoms with van der Waals surface area (Å²) in [5.74, 6) is 0. The molecule has 13 heavy (non-hydrogen) atoms. The number of hydrogen-bond donors (Lipinski definition) is 0. The van der Waals surface area contributed by atoms with Crippen LogP contribution in [0.3, 0.4) is 0 Å². The minimum atomic E-state index is 0.487. The maximum absolute atomic E-state index is 4.08. The van der Waals surface area contributed by atoms with Crippen molar-refractivity contribution in [2.24, 2.45) is 5.41 Å². The molecule has 1 aliphatic heterocycles. The first-order valence-corrected chi connectivity index (χ1v) is 5.42. The van der Waals surface area contributed by atoms with Crippen LogP contribution in [0, 0.1) is 5.41 Å². The fraction of sp³-hybridized carbons (Fsp3) is 0.833. The Bertz CT molecular complexity index is 176. The Morgan fingerprint density at radius 3 is 2.54 bits per heavy atom. The summed E-state index contributed by atoms with van der Waals surface area (Å²) < 4.78 is 0. The lowest BCUT2D eigenvalue weighted by Gasteiger charge is -2.23. The number of allylic oxidation sites excluding steroid dienone is 1. The Hall–Kier alpha value is -0.460. The van der Waals surface area contributed by atoms with Crippen LogP contribution in [-0.2, 0) is 0 Å². The zero-order valence-electron chi connectivity index (χ0n) is 9.40. The second kappa shape index (κ2) is 4.17. The summed E-state index contributed by atoms with van der Waals surface area (Å²) in [6, 6.07) is 0. The molecule has 0 spiro atoms. The topological polar surface area (TPSA) is 3.24 Å². The first kappa shape index (κ1) is 10.6. The molecule has 0 atom stereocenters. The molecule has 0 aromatic rings. The highest BCUT2D eigenvalue weighted by atomic mass is 15.1. The van der Waals surface area contributed by atoms with Crippen molar-refractivity contribution in [1.29, 1.82) is 0 Å². The minimum absolute atomic E-state index is 0.487. The lowest BCUT2D eigenvalue weighted by Crippen LogP contribution is -2.20. The van der Waals surface area contributed by atoms with Crippen molar-refractivity contribution >= 4 is 0 Å². The van der Waals surface area contributed by atoms with Gasteiger partial charge in [-0.05, 0) is 31.1 Å². The molecular formula is C12H23N. The molecule has 0 bridgehead atoms. The molecule has 0 aromatic heterocycles. The van der Waals surface area contributed by atoms with E-state index in [1.807, 2.05) is 0 Å². The molecule has 1 rings (SSSR count). The quantitative estimate of drug-likeness (QED) is 0.645. The van der Waals surface area contributed by atoms with Crippen LogP contribution >= 0.6 is 0 Å². The van der Waals surface area contributed by atoms with Crippen LogP contribution in [0.1, 0.15) is 46.5 Å². The van der Waals surface area contributed by atoms with E-state index in [4.69, 9.17) is 0 Å². The molecule has 1 aliphatic rings. The summed E-state index contributed by atoms with van der Waals surface area (Å²) in [7, 11) is 0. The first-order valence-electron chi connectivity index (χ1n) is 5.42. The van der Waals surface area contributed by atoms with Crippen LogP contribution < -0.4 is 0 Å². The van der Waals surface area contributed by atoms with Gasteiger partial charge in [0, 0.05) is 18.8 Å². The molecule has 0 saturated carbocycles. The lowest BCUT2D eigenvalue weighted by atomic mass is 9.90. The minimum Gasteiger partial charge on any atom is -0.375 e. The fourth-order valence-electron chi connectivity index (χ4n) is 1.86. The summed E-state index contributed by atoms with van der Waals surface area (Å²) in [5.41, 5.74) is 1.84. The van der Waals surface area contributed by atoms with Gasteiger partial charge in [0.05, 0.1) is 0 Å². The van der Waals surface area contributed by atoms with E-state index >= 15 is 0 Å². The standard InChI is InChI=1S/C12H23N/c1-11-7-5-9-13(11)10-6-8-12(2,3)4/h1,5-10H2,2-4H3. The van der Waals surface area contributed by atoms with Crippen molar-refractivity contribution in [3.8, 4) is 0 Å². The van der Waals surface area contributed by atoms with Gasteiger partial charge in [0.25, 0.3) is 0 Å². The maximum Gasteiger partial charge on any atom is 0.0178 e. The summed E-state index contributed by atoms with van der Waals surface area (Å²) in [5, 5.41) is 0. The van der Waals surface area contributed by atoms with Crippen LogP contribution in [0.2, 0.25) is 0 Å². The molecule has 1 nitrogen and oxygen atoms in total. The van der Waals surface area contributed by atoms with Gasteiger partial charge in [-0.25, -0.2) is 0 Å². The number of likely N-dealkylation sites (tertiary alicyclic amines) is 1. The Labute approximate surface area is 82.8 Å². The van der Waals surface area contributed by atoms with E-state index in [9.17, 15) is 0 Å². The number of hydrogen-bond acceptors (Lipinski definition) is 1. The van der Waals surface area contributed by atoms with Crippen molar-refractivity contribution < 1.29 is 0 Å². The van der Waals surface area contributed by atoms with E-state index in [2.05, 4.69) is 32.3 Å². The van der Waals surface area contributed by atoms with Crippen LogP contribution in [0.4, 0.5) is 0 Å². The van der Waals surface area contributed by atoms with Crippen molar-refractivity contribution in [2.45, 2.75) is 46.5 Å². The highest BCUT2D eigenvalue weighted by molar-refractivity contribution is 4.99. The molecule has 1 fully saturated rings. The molecule has 76 valence electrons. The van der Waals surface area contributed by atoms with Gasteiger partial charge in [-0.3, -0.25) is 0 Å². The second-order valence-electron chi connectivity index (χ2n) is 5.32. The van der Waals surface area contributed by atoms with Crippen molar-refractivity contribution in [3.63, 3.8) is 0 Å². The van der Waals surface area contributed by atoms with E-state index in [1.54, 1.807) is 0 Å². The van der Waals surface area contributed by atoms with Gasteiger partial charge < -0.3 is 4.90 Å². The van der Waals surface area contributed by atoms with Crippen molar-refractivity contribution in [3.05, 3.63) is 12.3 Å². The number of nitrogens with zero attached hydrogens (tertiary/aromatic N) is 1. The monoisotopic (exact) mass is 181 g/mol. The van der Waals surface area contributed by atoms with Crippen LogP contribution in [-0.4, -0.2) is 18.0 Å². The van der Waals surface area contributed by atoms with E-state index in [0.29, 0.717) is 5.41 Å². The predicted octanol–water partition coefficient (Wildman–Crippen LogP) is 3.42. The molecule has 0 aliphatic carbocycles. The zero-order chi connectivity index (χ0) is 9.90. The van der Waals surface area contributed by atoms with Gasteiger partial charge in [0.15, 0.2) is 0 Å². The molecule has 0 aromatic carbocycles. The largest absolute Gasteiger partial charge is 0.375 e. The van der Waals surface area contributed by atoms with Crippen LogP contribution in [0.5, 0.6) is 0 Å². The van der Waals surface area contributed by atoms with E-state index in [0.717, 1.165) is 0 Å². The molecule has 0 radical (unpaired) electrons. The average Bonchev–Trinajstić information content (AvgIpc) is 2.34. The molecule has 0 unspecified atom stereocenters. The molecule has 1 heteroatoms. The SMILES string of the molecule is C=C1CCCN1CCCC(C)(C)C. The molecule has 1 heterocycles. The predicted molar refractivity (Wildman–Crippen MR) is 58.6 cm³/mol. The van der Waals surface area contributed by atoms with E-state index in [-0.39, 0.29) is 0 Å². The number of rotatable bonds is 3. The average molecular weight is 181 g/mol. The molecule has 0 N–H and O–H groups in total. The lowest BCUT2D eigenvalue weighted by molar-refractivity contribution is 0.315. The maximum atomic E-state index is 4.08. The molecular weight excluding hydrogens is 158 g/mol. The Kier molecular flexibility index (Phi) is 3.40. The normalized spacial score (nSPS) is 18.4. The Morgan fingerprint density at radius 2 is 2.08 bits per heavy atom. The summed E-state index contributed by atoms with van der Waals surface area (Å²) in [6.07, 6.45) is 5.16. The highest BCUT2D eigenvalue weighted by Gasteiger charge is 2.15. The fourth-order valence-corrected chi connectivity index (χ4v) is 1.86. The summed E-state index contributed by atoms with van der Waals surface area (Å²) in [4.78, 5) is 2.45. The third-order valence-corrected chi connectivity index (χ3v) is 2.70. The zero-order valence-corrected chi connectivity index (χ0v) is 9.40. The Morgan fingerprint density at radius 1 is 1.38 bits per heavy atom. The molecule has 1 saturated heterocycles. The summed E-state index contributed by atoms with van der Waals surface area (Å²) >= 11 is 0. The van der Waals surface area contributed by atoms with Gasteiger partial charge >= 0.3 is 0 Å². The van der Waals surface area contributed by atoms with Gasteiger partial charge in [0.1, 0.15) is 0 Å². The second-order valence-corrected chi connectivity index (χ2v) is 5.32. The third-order valence-electron chi connectivity index (χ3n) is 2.70. The van der Waals surface area contributed by atoms with Crippen LogP contribution in [0.25, 0.3) is 0 Å². The van der Waals surface area contributed by atoms with Crippen molar-refractivity contribution in [1.82, 2.24) is 4.90 Å². The van der Waals surface area contributed by atoms with Crippen molar-refractivity contribution in [2.75, 3.05) is 13.1 Å². The third kappa shape index (κ3) is 3.84. The van der Waals surface area contributed by atoms with E-state index < -0.39 is 0 Å². The summed E-state index contributed by atoms with van der Waals surface area (Å²) in [6.45, 7) is 13.5. The molecule has 0 amide bonds. The van der Waals surface area contributed by atoms with Gasteiger partial charge in [-0.1, -0.05) is 27.4 Å². The van der Waals surface area contributed by atoms with Crippen LogP contribution in [0.15, 0.2) is 12.3 Å². The van der Waals surface area contributed by atoms with Gasteiger partial charge in [-0.2, -0.15) is 0 Å². The van der Waals surface area contributed by atoms with E-state index in [1.165, 1.54) is 44.5 Å². The van der Waals surface area contributed by atoms with Gasteiger partial charge in [-0.15, -0.1) is 0 Å². The Balaban J connectivity index is 2.16. The highest BCUT2D eigenvalue weighted by Crippen LogP contribution is 2.23. The van der Waals surface area contributed by atoms with Gasteiger partial charge in [0.2, 0.25) is 0 Å². The smallest absolute Gasteiger partial charge is 0.0178 e. The first-order chi connectivity index (χ1) is 5.99.